The average Bonchev–Trinajstić information content (AvgIpc) is 2.51. The first kappa shape index (κ1) is 9.29. The fraction of sp³-hybridized carbons (Fsp3) is 0.556. The van der Waals surface area contributed by atoms with Gasteiger partial charge in [-0.15, -0.1) is 0 Å². The molecule has 0 bridgehead atoms. The Labute approximate surface area is 72.5 Å². The maximum Gasteiger partial charge on any atom is 0.122 e. The van der Waals surface area contributed by atoms with E-state index in [2.05, 4.69) is 0 Å². The van der Waals surface area contributed by atoms with Gasteiger partial charge in [0.25, 0.3) is 0 Å². The zero-order chi connectivity index (χ0) is 8.97. The van der Waals surface area contributed by atoms with Gasteiger partial charge >= 0.3 is 0 Å². The molecule has 68 valence electrons. The zero-order valence-corrected chi connectivity index (χ0v) is 7.49. The molecule has 1 heterocycles. The van der Waals surface area contributed by atoms with Gasteiger partial charge in [0.15, 0.2) is 0 Å². The maximum absolute atomic E-state index is 5.77. The molecule has 2 N–H and O–H groups in total. The second-order valence-electron chi connectivity index (χ2n) is 3.00. The zero-order valence-electron chi connectivity index (χ0n) is 7.49. The van der Waals surface area contributed by atoms with E-state index in [1.165, 1.54) is 0 Å². The molecule has 0 aromatic carbocycles. The molecule has 3 nitrogen and oxygen atoms in total. The van der Waals surface area contributed by atoms with Crippen molar-refractivity contribution in [3.63, 3.8) is 0 Å². The van der Waals surface area contributed by atoms with Crippen molar-refractivity contribution in [1.29, 1.82) is 0 Å². The van der Waals surface area contributed by atoms with Crippen molar-refractivity contribution >= 4 is 0 Å². The molecule has 0 aliphatic rings. The summed E-state index contributed by atoms with van der Waals surface area (Å²) in [4.78, 5) is 0. The summed E-state index contributed by atoms with van der Waals surface area (Å²) in [7, 11) is 0. The molecule has 0 saturated heterocycles. The second-order valence-corrected chi connectivity index (χ2v) is 3.00. The largest absolute Gasteiger partial charge is 0.468 e. The van der Waals surface area contributed by atoms with E-state index in [0.717, 1.165) is 5.76 Å². The molecule has 1 aromatic rings. The third-order valence-corrected chi connectivity index (χ3v) is 1.52. The Balaban J connectivity index is 2.34. The smallest absolute Gasteiger partial charge is 0.122 e. The molecule has 12 heavy (non-hydrogen) atoms. The van der Waals surface area contributed by atoms with Gasteiger partial charge in [-0.1, -0.05) is 0 Å². The predicted octanol–water partition coefficient (Wildman–Crippen LogP) is 1.70. The van der Waals surface area contributed by atoms with Crippen molar-refractivity contribution < 1.29 is 9.15 Å². The Morgan fingerprint density at radius 3 is 2.83 bits per heavy atom. The van der Waals surface area contributed by atoms with Crippen LogP contribution in [0.4, 0.5) is 0 Å². The molecule has 0 radical (unpaired) electrons. The lowest BCUT2D eigenvalue weighted by molar-refractivity contribution is 0.0646. The van der Waals surface area contributed by atoms with E-state index in [9.17, 15) is 0 Å². The lowest BCUT2D eigenvalue weighted by atomic mass is 10.2. The molecule has 3 heteroatoms. The third kappa shape index (κ3) is 2.68. The summed E-state index contributed by atoms with van der Waals surface area (Å²) in [5, 5.41) is 0. The van der Waals surface area contributed by atoms with Gasteiger partial charge in [0.1, 0.15) is 5.76 Å². The first-order valence-electron chi connectivity index (χ1n) is 4.10. The summed E-state index contributed by atoms with van der Waals surface area (Å²) < 4.78 is 10.5. The highest BCUT2D eigenvalue weighted by atomic mass is 16.5. The third-order valence-electron chi connectivity index (χ3n) is 1.52. The lowest BCUT2D eigenvalue weighted by Crippen LogP contribution is -2.18. The number of hydrogen-bond acceptors (Lipinski definition) is 3. The summed E-state index contributed by atoms with van der Waals surface area (Å²) in [6.45, 7) is 4.47. The highest BCUT2D eigenvalue weighted by Gasteiger charge is 2.08. The van der Waals surface area contributed by atoms with Gasteiger partial charge in [-0.2, -0.15) is 0 Å². The Bertz CT molecular complexity index is 206. The van der Waals surface area contributed by atoms with E-state index in [1.54, 1.807) is 6.26 Å². The molecule has 1 rings (SSSR count). The normalized spacial score (nSPS) is 13.7. The van der Waals surface area contributed by atoms with Crippen LogP contribution < -0.4 is 5.73 Å². The topological polar surface area (TPSA) is 48.4 Å². The summed E-state index contributed by atoms with van der Waals surface area (Å²) in [6.07, 6.45) is 1.83. The van der Waals surface area contributed by atoms with E-state index >= 15 is 0 Å². The monoisotopic (exact) mass is 169 g/mol. The summed E-state index contributed by atoms with van der Waals surface area (Å²) >= 11 is 0. The van der Waals surface area contributed by atoms with Crippen LogP contribution in [0.3, 0.4) is 0 Å². The average molecular weight is 169 g/mol. The maximum atomic E-state index is 5.77. The fourth-order valence-electron chi connectivity index (χ4n) is 0.881. The van der Waals surface area contributed by atoms with Crippen LogP contribution >= 0.6 is 0 Å². The standard InChI is InChI=1S/C9H15NO2/c1-7(2)12-6-8(10)9-4-3-5-11-9/h3-5,7-8H,6,10H2,1-2H3. The molecule has 1 unspecified atom stereocenters. The van der Waals surface area contributed by atoms with E-state index in [-0.39, 0.29) is 12.1 Å². The van der Waals surface area contributed by atoms with Crippen LogP contribution in [0.25, 0.3) is 0 Å². The van der Waals surface area contributed by atoms with Gasteiger partial charge in [0, 0.05) is 0 Å². The van der Waals surface area contributed by atoms with Crippen LogP contribution in [-0.4, -0.2) is 12.7 Å². The molecular formula is C9H15NO2. The molecule has 1 atom stereocenters. The van der Waals surface area contributed by atoms with E-state index < -0.39 is 0 Å². The van der Waals surface area contributed by atoms with Crippen LogP contribution in [0.2, 0.25) is 0 Å². The lowest BCUT2D eigenvalue weighted by Gasteiger charge is -2.11. The minimum Gasteiger partial charge on any atom is -0.468 e. The van der Waals surface area contributed by atoms with Crippen LogP contribution in [0.15, 0.2) is 22.8 Å². The van der Waals surface area contributed by atoms with Crippen molar-refractivity contribution in [3.8, 4) is 0 Å². The minimum atomic E-state index is -0.151. The summed E-state index contributed by atoms with van der Waals surface area (Å²) in [5.41, 5.74) is 5.77. The summed E-state index contributed by atoms with van der Waals surface area (Å²) in [5.74, 6) is 0.774. The number of rotatable bonds is 4. The fourth-order valence-corrected chi connectivity index (χ4v) is 0.881. The molecule has 0 aliphatic carbocycles. The highest BCUT2D eigenvalue weighted by molar-refractivity contribution is 5.03. The molecule has 0 amide bonds. The van der Waals surface area contributed by atoms with Gasteiger partial charge < -0.3 is 14.9 Å². The Hall–Kier alpha value is -0.800. The first-order chi connectivity index (χ1) is 5.70. The molecule has 0 aliphatic heterocycles. The first-order valence-corrected chi connectivity index (χ1v) is 4.10. The predicted molar refractivity (Wildman–Crippen MR) is 46.7 cm³/mol. The summed E-state index contributed by atoms with van der Waals surface area (Å²) in [6, 6.07) is 3.53. The van der Waals surface area contributed by atoms with Crippen LogP contribution in [-0.2, 0) is 4.74 Å². The van der Waals surface area contributed by atoms with Crippen LogP contribution in [0.1, 0.15) is 25.6 Å². The Morgan fingerprint density at radius 1 is 1.58 bits per heavy atom. The van der Waals surface area contributed by atoms with E-state index in [0.29, 0.717) is 6.61 Å². The minimum absolute atomic E-state index is 0.151. The number of nitrogens with two attached hydrogens (primary N) is 1. The van der Waals surface area contributed by atoms with Gasteiger partial charge in [0.05, 0.1) is 25.0 Å². The van der Waals surface area contributed by atoms with Crippen LogP contribution in [0.5, 0.6) is 0 Å². The molecule has 0 fully saturated rings. The van der Waals surface area contributed by atoms with Gasteiger partial charge in [0.2, 0.25) is 0 Å². The Morgan fingerprint density at radius 2 is 2.33 bits per heavy atom. The number of hydrogen-bond donors (Lipinski definition) is 1. The number of ether oxygens (including phenoxy) is 1. The molecular weight excluding hydrogens is 154 g/mol. The van der Waals surface area contributed by atoms with Gasteiger partial charge in [-0.05, 0) is 26.0 Å². The molecule has 0 saturated carbocycles. The van der Waals surface area contributed by atoms with Crippen molar-refractivity contribution in [2.24, 2.45) is 5.73 Å². The molecule has 0 spiro atoms. The van der Waals surface area contributed by atoms with Crippen molar-refractivity contribution in [2.45, 2.75) is 26.0 Å². The van der Waals surface area contributed by atoms with Gasteiger partial charge in [-0.25, -0.2) is 0 Å². The number of furan rings is 1. The van der Waals surface area contributed by atoms with E-state index in [1.807, 2.05) is 26.0 Å². The molecule has 1 aromatic heterocycles. The highest BCUT2D eigenvalue weighted by Crippen LogP contribution is 2.11. The van der Waals surface area contributed by atoms with Crippen molar-refractivity contribution in [3.05, 3.63) is 24.2 Å². The van der Waals surface area contributed by atoms with Crippen LogP contribution in [0, 0.1) is 0 Å². The SMILES string of the molecule is CC(C)OCC(N)c1ccco1. The van der Waals surface area contributed by atoms with Gasteiger partial charge in [-0.3, -0.25) is 0 Å². The second kappa shape index (κ2) is 4.28. The Kier molecular flexibility index (Phi) is 3.31. The van der Waals surface area contributed by atoms with Crippen molar-refractivity contribution in [1.82, 2.24) is 0 Å². The quantitative estimate of drug-likeness (QED) is 0.746. The van der Waals surface area contributed by atoms with Crippen molar-refractivity contribution in [2.75, 3.05) is 6.61 Å². The van der Waals surface area contributed by atoms with E-state index in [4.69, 9.17) is 14.9 Å².